The quantitative estimate of drug-likeness (QED) is 0.464. The molecule has 182 valence electrons. The lowest BCUT2D eigenvalue weighted by Crippen LogP contribution is -2.50. The van der Waals surface area contributed by atoms with Crippen LogP contribution < -0.4 is 10.6 Å². The highest BCUT2D eigenvalue weighted by molar-refractivity contribution is 7.90. The summed E-state index contributed by atoms with van der Waals surface area (Å²) < 4.78 is 29.2. The van der Waals surface area contributed by atoms with Crippen molar-refractivity contribution in [1.82, 2.24) is 10.6 Å². The maximum Gasteiger partial charge on any atom is 0.287 e. The van der Waals surface area contributed by atoms with Crippen LogP contribution in [0.25, 0.3) is 22.1 Å². The number of furan rings is 1. The molecule has 1 fully saturated rings. The van der Waals surface area contributed by atoms with E-state index in [-0.39, 0.29) is 22.5 Å². The van der Waals surface area contributed by atoms with E-state index in [1.165, 1.54) is 0 Å². The first-order valence-electron chi connectivity index (χ1n) is 11.4. The molecule has 1 aliphatic carbocycles. The van der Waals surface area contributed by atoms with E-state index in [9.17, 15) is 18.0 Å². The molecule has 7 nitrogen and oxygen atoms in total. The van der Waals surface area contributed by atoms with Gasteiger partial charge in [0.2, 0.25) is 5.91 Å². The van der Waals surface area contributed by atoms with Crippen molar-refractivity contribution in [3.05, 3.63) is 54.3 Å². The highest BCUT2D eigenvalue weighted by Gasteiger charge is 2.43. The topological polar surface area (TPSA) is 105 Å². The van der Waals surface area contributed by atoms with Gasteiger partial charge in [-0.05, 0) is 60.6 Å². The minimum absolute atomic E-state index is 0.101. The molecule has 3 aromatic rings. The SMILES string of the molecule is C#CC1(NC(=O)[C@H](CC(C)C)NC(=O)c2cc3ccc(-c4ccc(S(C)(=O)=O)cc4)cc3o2)CC1. The number of terminal acetylenes is 1. The molecule has 2 N–H and O–H groups in total. The molecule has 1 aromatic heterocycles. The maximum absolute atomic E-state index is 13.0. The summed E-state index contributed by atoms with van der Waals surface area (Å²) in [5.41, 5.74) is 1.55. The number of carbonyl (C=O) groups is 2. The summed E-state index contributed by atoms with van der Waals surface area (Å²) in [6, 6.07) is 13.0. The van der Waals surface area contributed by atoms with Gasteiger partial charge in [0.15, 0.2) is 15.6 Å². The Labute approximate surface area is 205 Å². The number of hydrogen-bond acceptors (Lipinski definition) is 5. The number of rotatable bonds is 8. The van der Waals surface area contributed by atoms with Crippen molar-refractivity contribution >= 4 is 32.6 Å². The lowest BCUT2D eigenvalue weighted by molar-refractivity contribution is -0.123. The number of fused-ring (bicyclic) bond motifs is 1. The minimum atomic E-state index is -3.28. The minimum Gasteiger partial charge on any atom is -0.451 e. The molecule has 1 saturated carbocycles. The Hall–Kier alpha value is -3.57. The fraction of sp³-hybridized carbons (Fsp3) is 0.333. The average Bonchev–Trinajstić information content (AvgIpc) is 3.44. The Balaban J connectivity index is 1.53. The molecule has 2 aromatic carbocycles. The monoisotopic (exact) mass is 492 g/mol. The van der Waals surface area contributed by atoms with Crippen LogP contribution >= 0.6 is 0 Å². The van der Waals surface area contributed by atoms with Gasteiger partial charge in [0, 0.05) is 11.6 Å². The number of amides is 2. The molecule has 0 saturated heterocycles. The van der Waals surface area contributed by atoms with Crippen molar-refractivity contribution in [3.8, 4) is 23.5 Å². The molecule has 1 heterocycles. The van der Waals surface area contributed by atoms with Gasteiger partial charge in [-0.3, -0.25) is 9.59 Å². The van der Waals surface area contributed by atoms with E-state index < -0.39 is 27.3 Å². The third kappa shape index (κ3) is 5.57. The van der Waals surface area contributed by atoms with E-state index in [4.69, 9.17) is 10.8 Å². The van der Waals surface area contributed by atoms with Crippen molar-refractivity contribution < 1.29 is 22.4 Å². The molecule has 0 bridgehead atoms. The Morgan fingerprint density at radius 2 is 1.74 bits per heavy atom. The fourth-order valence-corrected chi connectivity index (χ4v) is 4.53. The second-order valence-corrected chi connectivity index (χ2v) is 11.5. The van der Waals surface area contributed by atoms with Gasteiger partial charge in [0.25, 0.3) is 5.91 Å². The number of nitrogens with one attached hydrogen (secondary N) is 2. The van der Waals surface area contributed by atoms with Gasteiger partial charge >= 0.3 is 0 Å². The first kappa shape index (κ1) is 24.6. The van der Waals surface area contributed by atoms with E-state index in [2.05, 4.69) is 16.6 Å². The summed E-state index contributed by atoms with van der Waals surface area (Å²) in [7, 11) is -3.28. The van der Waals surface area contributed by atoms with Crippen LogP contribution in [0, 0.1) is 18.3 Å². The Bertz CT molecular complexity index is 1420. The third-order valence-electron chi connectivity index (χ3n) is 6.08. The Morgan fingerprint density at radius 1 is 1.09 bits per heavy atom. The predicted molar refractivity (Wildman–Crippen MR) is 134 cm³/mol. The third-order valence-corrected chi connectivity index (χ3v) is 7.21. The molecular weight excluding hydrogens is 464 g/mol. The van der Waals surface area contributed by atoms with Gasteiger partial charge in [-0.15, -0.1) is 6.42 Å². The van der Waals surface area contributed by atoms with Crippen molar-refractivity contribution in [2.75, 3.05) is 6.26 Å². The second kappa shape index (κ2) is 9.23. The number of carbonyl (C=O) groups excluding carboxylic acids is 2. The Kier molecular flexibility index (Phi) is 6.48. The van der Waals surface area contributed by atoms with Crippen molar-refractivity contribution in [3.63, 3.8) is 0 Å². The zero-order valence-corrected chi connectivity index (χ0v) is 20.7. The highest BCUT2D eigenvalue weighted by atomic mass is 32.2. The van der Waals surface area contributed by atoms with Crippen LogP contribution in [0.4, 0.5) is 0 Å². The standard InChI is InChI=1S/C27H28N2O5S/c1-5-27(12-13-27)29-25(30)22(14-17(2)3)28-26(31)24-16-20-7-6-19(15-23(20)34-24)18-8-10-21(11-9-18)35(4,32)33/h1,6-11,15-17,22H,12-14H2,2-4H3,(H,28,31)(H,29,30)/t22-/m0/s1. The van der Waals surface area contributed by atoms with E-state index in [1.807, 2.05) is 26.0 Å². The zero-order chi connectivity index (χ0) is 25.4. The highest BCUT2D eigenvalue weighted by Crippen LogP contribution is 2.34. The fourth-order valence-electron chi connectivity index (χ4n) is 3.90. The van der Waals surface area contributed by atoms with Crippen molar-refractivity contribution in [1.29, 1.82) is 0 Å². The van der Waals surface area contributed by atoms with Gasteiger partial charge in [-0.1, -0.05) is 44.0 Å². The normalized spacial score (nSPS) is 15.4. The van der Waals surface area contributed by atoms with Crippen LogP contribution in [0.15, 0.2) is 57.8 Å². The maximum atomic E-state index is 13.0. The largest absolute Gasteiger partial charge is 0.451 e. The van der Waals surface area contributed by atoms with Crippen LogP contribution in [-0.2, 0) is 14.6 Å². The van der Waals surface area contributed by atoms with Crippen LogP contribution in [0.5, 0.6) is 0 Å². The van der Waals surface area contributed by atoms with Crippen LogP contribution in [0.1, 0.15) is 43.7 Å². The molecule has 2 amide bonds. The summed E-state index contributed by atoms with van der Waals surface area (Å²) in [6.45, 7) is 3.96. The molecule has 1 atom stereocenters. The van der Waals surface area contributed by atoms with Crippen molar-refractivity contribution in [2.24, 2.45) is 5.92 Å². The predicted octanol–water partition coefficient (Wildman–Crippen LogP) is 3.93. The van der Waals surface area contributed by atoms with Crippen LogP contribution in [0.2, 0.25) is 0 Å². The summed E-state index contributed by atoms with van der Waals surface area (Å²) in [4.78, 5) is 26.0. The molecule has 1 aliphatic rings. The Morgan fingerprint density at radius 3 is 2.31 bits per heavy atom. The van der Waals surface area contributed by atoms with Gasteiger partial charge in [-0.25, -0.2) is 8.42 Å². The van der Waals surface area contributed by atoms with Crippen LogP contribution in [0.3, 0.4) is 0 Å². The average molecular weight is 493 g/mol. The lowest BCUT2D eigenvalue weighted by atomic mass is 10.0. The van der Waals surface area contributed by atoms with Gasteiger partial charge < -0.3 is 15.1 Å². The van der Waals surface area contributed by atoms with E-state index in [0.717, 1.165) is 35.6 Å². The summed E-state index contributed by atoms with van der Waals surface area (Å²) in [6.07, 6.45) is 8.64. The van der Waals surface area contributed by atoms with Gasteiger partial charge in [0.05, 0.1) is 4.90 Å². The molecule has 0 radical (unpaired) electrons. The van der Waals surface area contributed by atoms with E-state index in [0.29, 0.717) is 12.0 Å². The lowest BCUT2D eigenvalue weighted by Gasteiger charge is -2.21. The van der Waals surface area contributed by atoms with E-state index >= 15 is 0 Å². The second-order valence-electron chi connectivity index (χ2n) is 9.53. The van der Waals surface area contributed by atoms with Crippen molar-refractivity contribution in [2.45, 2.75) is 49.6 Å². The van der Waals surface area contributed by atoms with E-state index in [1.54, 1.807) is 36.4 Å². The molecule has 0 spiro atoms. The molecule has 0 aliphatic heterocycles. The molecule has 4 rings (SSSR count). The van der Waals surface area contributed by atoms with Gasteiger partial charge in [-0.2, -0.15) is 0 Å². The number of benzene rings is 2. The first-order chi connectivity index (χ1) is 16.5. The smallest absolute Gasteiger partial charge is 0.287 e. The molecular formula is C27H28N2O5S. The molecule has 35 heavy (non-hydrogen) atoms. The molecule has 8 heteroatoms. The van der Waals surface area contributed by atoms with Crippen LogP contribution in [-0.4, -0.2) is 38.1 Å². The number of hydrogen-bond donors (Lipinski definition) is 2. The summed E-state index contributed by atoms with van der Waals surface area (Å²) in [5.74, 6) is 2.14. The van der Waals surface area contributed by atoms with Gasteiger partial charge in [0.1, 0.15) is 17.2 Å². The summed E-state index contributed by atoms with van der Waals surface area (Å²) in [5, 5.41) is 6.42. The summed E-state index contributed by atoms with van der Waals surface area (Å²) >= 11 is 0. The first-order valence-corrected chi connectivity index (χ1v) is 13.3. The zero-order valence-electron chi connectivity index (χ0n) is 19.9. The molecule has 0 unspecified atom stereocenters. The number of sulfone groups is 1.